The third-order valence-corrected chi connectivity index (χ3v) is 7.46. The van der Waals surface area contributed by atoms with Crippen molar-refractivity contribution in [1.29, 1.82) is 0 Å². The fourth-order valence-electron chi connectivity index (χ4n) is 4.92. The summed E-state index contributed by atoms with van der Waals surface area (Å²) < 4.78 is 5.14. The molecule has 0 heterocycles. The van der Waals surface area contributed by atoms with E-state index >= 15 is 0 Å². The third-order valence-electron chi connectivity index (χ3n) is 7.46. The highest BCUT2D eigenvalue weighted by Gasteiger charge is 2.25. The molecule has 0 aromatic rings. The van der Waals surface area contributed by atoms with Gasteiger partial charge in [0.1, 0.15) is 0 Å². The first-order chi connectivity index (χ1) is 18.0. The number of carbonyl (C=O) groups excluding carboxylic acids is 1. The number of ether oxygens (including phenoxy) is 1. The van der Waals surface area contributed by atoms with E-state index < -0.39 is 24.1 Å². The summed E-state index contributed by atoms with van der Waals surface area (Å²) in [5, 5.41) is 19.5. The molecule has 0 aliphatic carbocycles. The number of aliphatic carboxylic acids is 1. The predicted molar refractivity (Wildman–Crippen MR) is 155 cm³/mol. The lowest BCUT2D eigenvalue weighted by atomic mass is 10.0. The molecule has 0 aromatic carbocycles. The second-order valence-electron chi connectivity index (χ2n) is 11.1. The van der Waals surface area contributed by atoms with Crippen molar-refractivity contribution in [3.8, 4) is 0 Å². The molecular weight excluding hydrogens is 464 g/mol. The van der Waals surface area contributed by atoms with Crippen LogP contribution in [0.2, 0.25) is 0 Å². The van der Waals surface area contributed by atoms with Crippen molar-refractivity contribution in [1.82, 2.24) is 0 Å². The van der Waals surface area contributed by atoms with Gasteiger partial charge >= 0.3 is 11.9 Å². The van der Waals surface area contributed by atoms with Crippen molar-refractivity contribution in [2.45, 2.75) is 193 Å². The molecule has 2 N–H and O–H groups in total. The average Bonchev–Trinajstić information content (AvgIpc) is 2.88. The summed E-state index contributed by atoms with van der Waals surface area (Å²) in [6.45, 7) is 4.49. The number of aliphatic hydroxyl groups excluding tert-OH is 1. The Morgan fingerprint density at radius 3 is 1.14 bits per heavy atom. The van der Waals surface area contributed by atoms with Crippen LogP contribution in [0, 0.1) is 0 Å². The predicted octanol–water partition coefficient (Wildman–Crippen LogP) is 9.53. The quantitative estimate of drug-likeness (QED) is 0.0748. The summed E-state index contributed by atoms with van der Waals surface area (Å²) in [7, 11) is 0. The zero-order valence-electron chi connectivity index (χ0n) is 24.7. The topological polar surface area (TPSA) is 83.8 Å². The Balaban J connectivity index is 3.71. The molecular formula is C32H62O5. The first-order valence-corrected chi connectivity index (χ1v) is 16.1. The summed E-state index contributed by atoms with van der Waals surface area (Å²) in [5.74, 6) is -1.90. The molecule has 0 aliphatic rings. The molecule has 0 spiro atoms. The molecule has 0 saturated heterocycles. The molecule has 37 heavy (non-hydrogen) atoms. The highest BCUT2D eigenvalue weighted by molar-refractivity contribution is 5.80. The molecule has 2 unspecified atom stereocenters. The Labute approximate surface area is 229 Å². The highest BCUT2D eigenvalue weighted by atomic mass is 16.6. The molecule has 0 amide bonds. The normalized spacial score (nSPS) is 12.9. The molecule has 0 fully saturated rings. The van der Waals surface area contributed by atoms with Gasteiger partial charge in [-0.3, -0.25) is 0 Å². The van der Waals surface area contributed by atoms with E-state index in [1.807, 2.05) is 0 Å². The molecule has 2 atom stereocenters. The number of hydrogen-bond acceptors (Lipinski definition) is 4. The number of aliphatic hydroxyl groups is 1. The maximum absolute atomic E-state index is 12.2. The minimum atomic E-state index is -1.22. The van der Waals surface area contributed by atoms with E-state index in [1.54, 1.807) is 0 Å². The first-order valence-electron chi connectivity index (χ1n) is 16.1. The van der Waals surface area contributed by atoms with E-state index in [9.17, 15) is 19.8 Å². The zero-order chi connectivity index (χ0) is 27.4. The molecule has 0 aliphatic heterocycles. The monoisotopic (exact) mass is 526 g/mol. The van der Waals surface area contributed by atoms with Gasteiger partial charge in [-0.15, -0.1) is 0 Å². The molecule has 220 valence electrons. The van der Waals surface area contributed by atoms with Crippen LogP contribution in [0.1, 0.15) is 181 Å². The fourth-order valence-corrected chi connectivity index (χ4v) is 4.92. The largest absolute Gasteiger partial charge is 0.479 e. The molecule has 0 rings (SSSR count). The second kappa shape index (κ2) is 27.9. The van der Waals surface area contributed by atoms with Crippen molar-refractivity contribution < 1.29 is 24.5 Å². The zero-order valence-corrected chi connectivity index (χ0v) is 24.7. The van der Waals surface area contributed by atoms with E-state index in [1.165, 1.54) is 116 Å². The molecule has 0 saturated carbocycles. The fraction of sp³-hybridized carbons (Fsp3) is 0.938. The van der Waals surface area contributed by atoms with E-state index in [2.05, 4.69) is 13.8 Å². The van der Waals surface area contributed by atoms with Gasteiger partial charge in [0.25, 0.3) is 0 Å². The van der Waals surface area contributed by atoms with Crippen LogP contribution in [-0.2, 0) is 14.3 Å². The number of carboxylic acid groups (broad SMARTS) is 1. The average molecular weight is 527 g/mol. The lowest BCUT2D eigenvalue weighted by Crippen LogP contribution is -2.32. The smallest absolute Gasteiger partial charge is 0.345 e. The molecule has 5 nitrogen and oxygen atoms in total. The third kappa shape index (κ3) is 25.0. The lowest BCUT2D eigenvalue weighted by Gasteiger charge is -2.16. The summed E-state index contributed by atoms with van der Waals surface area (Å²) in [5.41, 5.74) is 0. The summed E-state index contributed by atoms with van der Waals surface area (Å²) in [6, 6.07) is 0. The summed E-state index contributed by atoms with van der Waals surface area (Å²) in [4.78, 5) is 23.7. The van der Waals surface area contributed by atoms with Gasteiger partial charge in [0.15, 0.2) is 12.2 Å². The number of esters is 1. The Hall–Kier alpha value is -1.10. The van der Waals surface area contributed by atoms with E-state index in [0.717, 1.165) is 38.5 Å². The van der Waals surface area contributed by atoms with Gasteiger partial charge in [-0.05, 0) is 19.3 Å². The van der Waals surface area contributed by atoms with Gasteiger partial charge in [-0.1, -0.05) is 162 Å². The number of carbonyl (C=O) groups is 2. The van der Waals surface area contributed by atoms with Gasteiger partial charge in [0, 0.05) is 0 Å². The van der Waals surface area contributed by atoms with Crippen LogP contribution in [0.3, 0.4) is 0 Å². The minimum Gasteiger partial charge on any atom is -0.479 e. The van der Waals surface area contributed by atoms with Crippen LogP contribution in [0.25, 0.3) is 0 Å². The van der Waals surface area contributed by atoms with Crippen molar-refractivity contribution in [2.75, 3.05) is 0 Å². The Bertz CT molecular complexity index is 507. The summed E-state index contributed by atoms with van der Waals surface area (Å²) >= 11 is 0. The van der Waals surface area contributed by atoms with Crippen molar-refractivity contribution in [2.24, 2.45) is 0 Å². The van der Waals surface area contributed by atoms with Gasteiger partial charge in [-0.2, -0.15) is 0 Å². The summed E-state index contributed by atoms with van der Waals surface area (Å²) in [6.07, 6.45) is 27.6. The van der Waals surface area contributed by atoms with Crippen LogP contribution in [0.4, 0.5) is 0 Å². The second-order valence-corrected chi connectivity index (χ2v) is 11.1. The first kappa shape index (κ1) is 35.9. The minimum absolute atomic E-state index is 0.323. The molecule has 0 radical (unpaired) electrons. The van der Waals surface area contributed by atoms with Crippen molar-refractivity contribution >= 4 is 11.9 Å². The van der Waals surface area contributed by atoms with E-state index in [0.29, 0.717) is 12.8 Å². The Morgan fingerprint density at radius 2 is 0.811 bits per heavy atom. The Morgan fingerprint density at radius 1 is 0.514 bits per heavy atom. The molecule has 0 aromatic heterocycles. The number of rotatable bonds is 29. The maximum atomic E-state index is 12.2. The van der Waals surface area contributed by atoms with Gasteiger partial charge < -0.3 is 14.9 Å². The van der Waals surface area contributed by atoms with Crippen LogP contribution < -0.4 is 0 Å². The van der Waals surface area contributed by atoms with Crippen LogP contribution >= 0.6 is 0 Å². The van der Waals surface area contributed by atoms with Crippen LogP contribution in [0.5, 0.6) is 0 Å². The molecule has 5 heteroatoms. The maximum Gasteiger partial charge on any atom is 0.345 e. The SMILES string of the molecule is CCCCCCCCCCCCCCC(O)C(=O)OC(CCCCCCCCCCCCCC)C(=O)O. The van der Waals surface area contributed by atoms with Gasteiger partial charge in [-0.25, -0.2) is 9.59 Å². The Kier molecular flexibility index (Phi) is 27.1. The number of unbranched alkanes of at least 4 members (excludes halogenated alkanes) is 22. The number of carboxylic acids is 1. The van der Waals surface area contributed by atoms with Gasteiger partial charge in [0.05, 0.1) is 0 Å². The van der Waals surface area contributed by atoms with E-state index in [-0.39, 0.29) is 0 Å². The van der Waals surface area contributed by atoms with Crippen LogP contribution in [0.15, 0.2) is 0 Å². The van der Waals surface area contributed by atoms with Crippen LogP contribution in [-0.4, -0.2) is 34.4 Å². The van der Waals surface area contributed by atoms with Gasteiger partial charge in [0.2, 0.25) is 0 Å². The lowest BCUT2D eigenvalue weighted by molar-refractivity contribution is -0.170. The number of hydrogen-bond donors (Lipinski definition) is 2. The molecule has 0 bridgehead atoms. The standard InChI is InChI=1S/C32H62O5/c1-3-5-7-9-11-13-15-17-19-21-23-25-27-29(33)32(36)37-30(31(34)35)28-26-24-22-20-18-16-14-12-10-8-6-4-2/h29-30,33H,3-28H2,1-2H3,(H,34,35). The van der Waals surface area contributed by atoms with Crippen molar-refractivity contribution in [3.05, 3.63) is 0 Å². The highest BCUT2D eigenvalue weighted by Crippen LogP contribution is 2.16. The van der Waals surface area contributed by atoms with Crippen molar-refractivity contribution in [3.63, 3.8) is 0 Å². The van der Waals surface area contributed by atoms with E-state index in [4.69, 9.17) is 4.74 Å².